The van der Waals surface area contributed by atoms with Gasteiger partial charge in [0.15, 0.2) is 0 Å². The average Bonchev–Trinajstić information content (AvgIpc) is 2.29. The number of phenols is 1. The second kappa shape index (κ2) is 5.25. The van der Waals surface area contributed by atoms with Crippen LogP contribution in [0.5, 0.6) is 5.75 Å². The molecule has 1 aromatic rings. The fourth-order valence-corrected chi connectivity index (χ4v) is 3.25. The number of aromatic hydroxyl groups is 1. The van der Waals surface area contributed by atoms with Crippen LogP contribution in [0.1, 0.15) is 24.0 Å². The van der Waals surface area contributed by atoms with E-state index in [2.05, 4.69) is 22.6 Å². The predicted octanol–water partition coefficient (Wildman–Crippen LogP) is 2.65. The van der Waals surface area contributed by atoms with Crippen molar-refractivity contribution >= 4 is 28.6 Å². The molecule has 0 aromatic heterocycles. The largest absolute Gasteiger partial charge is 0.508 e. The number of benzene rings is 1. The van der Waals surface area contributed by atoms with Crippen LogP contribution >= 0.6 is 22.6 Å². The molecule has 1 aromatic carbocycles. The van der Waals surface area contributed by atoms with Gasteiger partial charge in [-0.25, -0.2) is 0 Å². The summed E-state index contributed by atoms with van der Waals surface area (Å²) in [7, 11) is 0. The Morgan fingerprint density at radius 2 is 2.41 bits per heavy atom. The zero-order valence-electron chi connectivity index (χ0n) is 9.65. The van der Waals surface area contributed by atoms with Crippen LogP contribution in [-0.4, -0.2) is 22.1 Å². The van der Waals surface area contributed by atoms with Gasteiger partial charge in [-0.05, 0) is 36.6 Å². The van der Waals surface area contributed by atoms with Crippen molar-refractivity contribution < 1.29 is 14.6 Å². The minimum Gasteiger partial charge on any atom is -0.508 e. The van der Waals surface area contributed by atoms with E-state index in [-0.39, 0.29) is 23.6 Å². The first-order valence-electron chi connectivity index (χ1n) is 5.71. The Hall–Kier alpha value is -0.780. The molecule has 3 nitrogen and oxygen atoms in total. The van der Waals surface area contributed by atoms with Crippen molar-refractivity contribution in [3.8, 4) is 5.75 Å². The Labute approximate surface area is 114 Å². The summed E-state index contributed by atoms with van der Waals surface area (Å²) in [5.41, 5.74) is 2.33. The molecule has 0 amide bonds. The van der Waals surface area contributed by atoms with Crippen molar-refractivity contribution in [1.82, 2.24) is 0 Å². The molecule has 4 heteroatoms. The Morgan fingerprint density at radius 3 is 3.06 bits per heavy atom. The molecule has 1 aliphatic rings. The molecule has 1 aliphatic carbocycles. The fourth-order valence-electron chi connectivity index (χ4n) is 2.27. The number of esters is 1. The molecule has 0 bridgehead atoms. The van der Waals surface area contributed by atoms with Gasteiger partial charge in [-0.15, -0.1) is 0 Å². The van der Waals surface area contributed by atoms with Crippen LogP contribution in [0.2, 0.25) is 0 Å². The zero-order chi connectivity index (χ0) is 12.4. The van der Waals surface area contributed by atoms with Crippen molar-refractivity contribution in [3.05, 3.63) is 29.3 Å². The number of hydrogen-bond acceptors (Lipinski definition) is 3. The summed E-state index contributed by atoms with van der Waals surface area (Å²) >= 11 is 2.22. The van der Waals surface area contributed by atoms with E-state index in [9.17, 15) is 9.90 Å². The quantitative estimate of drug-likeness (QED) is 0.518. The normalized spacial score (nSPS) is 19.1. The van der Waals surface area contributed by atoms with E-state index in [0.29, 0.717) is 6.61 Å². The predicted molar refractivity (Wildman–Crippen MR) is 73.6 cm³/mol. The third kappa shape index (κ3) is 2.41. The lowest BCUT2D eigenvalue weighted by Gasteiger charge is -2.34. The lowest BCUT2D eigenvalue weighted by Crippen LogP contribution is -2.32. The summed E-state index contributed by atoms with van der Waals surface area (Å²) in [6.45, 7) is 2.24. The Bertz CT molecular complexity index is 431. The van der Waals surface area contributed by atoms with Crippen molar-refractivity contribution in [2.75, 3.05) is 11.0 Å². The van der Waals surface area contributed by atoms with E-state index in [1.807, 2.05) is 13.0 Å². The molecule has 2 atom stereocenters. The number of rotatable bonds is 4. The lowest BCUT2D eigenvalue weighted by molar-refractivity contribution is -0.148. The van der Waals surface area contributed by atoms with Gasteiger partial charge >= 0.3 is 5.97 Å². The first-order valence-corrected chi connectivity index (χ1v) is 7.24. The van der Waals surface area contributed by atoms with Crippen LogP contribution in [0.25, 0.3) is 0 Å². The lowest BCUT2D eigenvalue weighted by atomic mass is 9.71. The fraction of sp³-hybridized carbons (Fsp3) is 0.462. The third-order valence-corrected chi connectivity index (χ3v) is 4.16. The topological polar surface area (TPSA) is 46.5 Å². The monoisotopic (exact) mass is 346 g/mol. The number of halogens is 1. The van der Waals surface area contributed by atoms with Gasteiger partial charge in [-0.2, -0.15) is 0 Å². The molecule has 1 N–H and O–H groups in total. The van der Waals surface area contributed by atoms with Gasteiger partial charge in [0.05, 0.1) is 12.5 Å². The summed E-state index contributed by atoms with van der Waals surface area (Å²) in [6, 6.07) is 5.39. The van der Waals surface area contributed by atoms with Crippen LogP contribution < -0.4 is 0 Å². The van der Waals surface area contributed by atoms with Crippen molar-refractivity contribution in [1.29, 1.82) is 0 Å². The second-order valence-electron chi connectivity index (χ2n) is 4.21. The Morgan fingerprint density at radius 1 is 1.65 bits per heavy atom. The van der Waals surface area contributed by atoms with E-state index in [4.69, 9.17) is 4.74 Å². The number of ether oxygens (including phenoxy) is 1. The van der Waals surface area contributed by atoms with Gasteiger partial charge in [0.1, 0.15) is 5.75 Å². The molecule has 0 fully saturated rings. The van der Waals surface area contributed by atoms with E-state index in [1.165, 1.54) is 5.56 Å². The molecule has 17 heavy (non-hydrogen) atoms. The SMILES string of the molecule is CCOC(=O)C(CI)C1Cc2ccc(O)cc21. The second-order valence-corrected chi connectivity index (χ2v) is 5.09. The minimum absolute atomic E-state index is 0.0927. The number of phenolic OH excluding ortho intramolecular Hbond substituents is 1. The van der Waals surface area contributed by atoms with E-state index in [0.717, 1.165) is 16.4 Å². The van der Waals surface area contributed by atoms with E-state index < -0.39 is 0 Å². The maximum Gasteiger partial charge on any atom is 0.310 e. The number of fused-ring (bicyclic) bond motifs is 1. The molecule has 0 saturated heterocycles. The first-order chi connectivity index (χ1) is 8.17. The van der Waals surface area contributed by atoms with Gasteiger partial charge in [-0.3, -0.25) is 4.79 Å². The smallest absolute Gasteiger partial charge is 0.310 e. The number of carbonyl (C=O) groups is 1. The third-order valence-electron chi connectivity index (χ3n) is 3.21. The molecular formula is C13H15IO3. The van der Waals surface area contributed by atoms with Crippen LogP contribution in [-0.2, 0) is 16.0 Å². The van der Waals surface area contributed by atoms with Gasteiger partial charge in [0.25, 0.3) is 0 Å². The molecule has 0 heterocycles. The van der Waals surface area contributed by atoms with Gasteiger partial charge in [-0.1, -0.05) is 28.7 Å². The van der Waals surface area contributed by atoms with Crippen LogP contribution in [0.15, 0.2) is 18.2 Å². The highest BCUT2D eigenvalue weighted by molar-refractivity contribution is 14.1. The molecule has 2 rings (SSSR count). The highest BCUT2D eigenvalue weighted by atomic mass is 127. The molecule has 0 saturated carbocycles. The first kappa shape index (κ1) is 12.7. The summed E-state index contributed by atoms with van der Waals surface area (Å²) < 4.78 is 5.84. The molecular weight excluding hydrogens is 331 g/mol. The number of carbonyl (C=O) groups excluding carboxylic acids is 1. The minimum atomic E-state index is -0.124. The van der Waals surface area contributed by atoms with Gasteiger partial charge in [0.2, 0.25) is 0 Å². The van der Waals surface area contributed by atoms with Crippen molar-refractivity contribution in [2.24, 2.45) is 5.92 Å². The zero-order valence-corrected chi connectivity index (χ0v) is 11.8. The Kier molecular flexibility index (Phi) is 3.91. The summed E-state index contributed by atoms with van der Waals surface area (Å²) in [4.78, 5) is 11.8. The standard InChI is InChI=1S/C13H15IO3/c1-2-17-13(16)12(7-14)11-5-8-3-4-9(15)6-10(8)11/h3-4,6,11-12,15H,2,5,7H2,1H3. The number of alkyl halides is 1. The molecule has 92 valence electrons. The number of hydrogen-bond donors (Lipinski definition) is 1. The average molecular weight is 346 g/mol. The van der Waals surface area contributed by atoms with Crippen LogP contribution in [0.4, 0.5) is 0 Å². The summed E-state index contributed by atoms with van der Waals surface area (Å²) in [5, 5.41) is 9.47. The van der Waals surface area contributed by atoms with Crippen molar-refractivity contribution in [2.45, 2.75) is 19.3 Å². The molecule has 2 unspecified atom stereocenters. The Balaban J connectivity index is 2.16. The van der Waals surface area contributed by atoms with Gasteiger partial charge < -0.3 is 9.84 Å². The summed E-state index contributed by atoms with van der Waals surface area (Å²) in [6.07, 6.45) is 0.905. The maximum atomic E-state index is 11.8. The van der Waals surface area contributed by atoms with Gasteiger partial charge in [0, 0.05) is 10.3 Å². The molecule has 0 spiro atoms. The van der Waals surface area contributed by atoms with Crippen LogP contribution in [0.3, 0.4) is 0 Å². The maximum absolute atomic E-state index is 11.8. The van der Waals surface area contributed by atoms with E-state index >= 15 is 0 Å². The molecule has 0 aliphatic heterocycles. The summed E-state index contributed by atoms with van der Waals surface area (Å²) in [5.74, 6) is 0.253. The van der Waals surface area contributed by atoms with Crippen molar-refractivity contribution in [3.63, 3.8) is 0 Å². The highest BCUT2D eigenvalue weighted by Crippen LogP contribution is 2.43. The highest BCUT2D eigenvalue weighted by Gasteiger charge is 2.37. The van der Waals surface area contributed by atoms with Crippen LogP contribution in [0, 0.1) is 5.92 Å². The van der Waals surface area contributed by atoms with E-state index in [1.54, 1.807) is 12.1 Å². The molecule has 0 radical (unpaired) electrons.